The van der Waals surface area contributed by atoms with Gasteiger partial charge >= 0.3 is 0 Å². The summed E-state index contributed by atoms with van der Waals surface area (Å²) in [5.41, 5.74) is 3.37. The third-order valence-electron chi connectivity index (χ3n) is 5.66. The van der Waals surface area contributed by atoms with Crippen LogP contribution in [0.5, 0.6) is 0 Å². The van der Waals surface area contributed by atoms with Crippen LogP contribution >= 0.6 is 23.8 Å². The van der Waals surface area contributed by atoms with Gasteiger partial charge in [-0.3, -0.25) is 4.79 Å². The largest absolute Gasteiger partial charge is 0.359 e. The maximum absolute atomic E-state index is 13.2. The molecule has 2 heterocycles. The van der Waals surface area contributed by atoms with Gasteiger partial charge in [-0.25, -0.2) is 4.99 Å². The number of carbonyl (C=O) groups is 1. The maximum Gasteiger partial charge on any atom is 0.272 e. The van der Waals surface area contributed by atoms with Crippen LogP contribution < -0.4 is 15.5 Å². The average Bonchev–Trinajstić information content (AvgIpc) is 3.11. The first-order valence-corrected chi connectivity index (χ1v) is 11.0. The summed E-state index contributed by atoms with van der Waals surface area (Å²) in [5, 5.41) is 7.52. The van der Waals surface area contributed by atoms with E-state index in [1.807, 2.05) is 12.1 Å². The second-order valence-corrected chi connectivity index (χ2v) is 8.79. The lowest BCUT2D eigenvalue weighted by atomic mass is 9.96. The molecule has 158 valence electrons. The number of halogens is 1. The van der Waals surface area contributed by atoms with Crippen LogP contribution in [0.15, 0.2) is 47.0 Å². The Hall–Kier alpha value is -2.22. The van der Waals surface area contributed by atoms with E-state index in [1.165, 1.54) is 0 Å². The van der Waals surface area contributed by atoms with Crippen molar-refractivity contribution in [2.75, 3.05) is 32.1 Å². The number of hydrogen-bond acceptors (Lipinski definition) is 4. The molecule has 2 unspecified atom stereocenters. The molecule has 2 N–H and O–H groups in total. The molecule has 1 aromatic carbocycles. The fraction of sp³-hybridized carbons (Fsp3) is 0.409. The van der Waals surface area contributed by atoms with E-state index in [1.54, 1.807) is 18.0 Å². The fourth-order valence-corrected chi connectivity index (χ4v) is 4.51. The van der Waals surface area contributed by atoms with Crippen LogP contribution in [0.2, 0.25) is 5.02 Å². The van der Waals surface area contributed by atoms with E-state index in [0.717, 1.165) is 54.9 Å². The summed E-state index contributed by atoms with van der Waals surface area (Å²) < 4.78 is 0. The zero-order chi connectivity index (χ0) is 21.3. The third kappa shape index (κ3) is 4.43. The molecule has 1 aliphatic carbocycles. The van der Waals surface area contributed by atoms with Gasteiger partial charge in [0.15, 0.2) is 5.11 Å². The molecule has 0 spiro atoms. The van der Waals surface area contributed by atoms with Crippen molar-refractivity contribution in [2.24, 2.45) is 4.99 Å². The summed E-state index contributed by atoms with van der Waals surface area (Å²) in [4.78, 5) is 22.0. The molecule has 1 saturated heterocycles. The van der Waals surface area contributed by atoms with E-state index in [2.05, 4.69) is 40.8 Å². The molecule has 8 heteroatoms. The van der Waals surface area contributed by atoms with E-state index in [0.29, 0.717) is 10.1 Å². The number of amides is 1. The van der Waals surface area contributed by atoms with Crippen LogP contribution in [0, 0.1) is 0 Å². The van der Waals surface area contributed by atoms with Crippen molar-refractivity contribution in [3.8, 4) is 0 Å². The molecule has 0 radical (unpaired) electrons. The monoisotopic (exact) mass is 443 g/mol. The minimum absolute atomic E-state index is 0.165. The number of carbonyl (C=O) groups excluding carboxylic acids is 1. The lowest BCUT2D eigenvalue weighted by molar-refractivity contribution is -0.119. The number of hydrogen-bond donors (Lipinski definition) is 2. The van der Waals surface area contributed by atoms with Crippen molar-refractivity contribution in [1.82, 2.24) is 15.5 Å². The van der Waals surface area contributed by atoms with E-state index < -0.39 is 6.17 Å². The van der Waals surface area contributed by atoms with Crippen molar-refractivity contribution < 1.29 is 4.79 Å². The molecule has 0 saturated carbocycles. The highest BCUT2D eigenvalue weighted by Gasteiger charge is 2.31. The standard InChI is InChI=1S/C22H26ClN5OS/c1-27-11-10-16(13-27)24-22(30)26-20-21(29)28(2)18-9-8-15(23)12-17(18)19(25-20)14-6-4-3-5-7-14/h4,6-9,12,16,20H,3,5,10-11,13H2,1-2H3,(H2,24,26,30). The van der Waals surface area contributed by atoms with E-state index in [4.69, 9.17) is 28.8 Å². The van der Waals surface area contributed by atoms with E-state index in [-0.39, 0.29) is 11.9 Å². The Kier molecular flexibility index (Phi) is 6.22. The quantitative estimate of drug-likeness (QED) is 0.703. The van der Waals surface area contributed by atoms with E-state index in [9.17, 15) is 4.79 Å². The van der Waals surface area contributed by atoms with Crippen molar-refractivity contribution >= 4 is 46.2 Å². The lowest BCUT2D eigenvalue weighted by Crippen LogP contribution is -2.51. The smallest absolute Gasteiger partial charge is 0.272 e. The number of fused-ring (bicyclic) bond motifs is 1. The highest BCUT2D eigenvalue weighted by molar-refractivity contribution is 7.80. The fourth-order valence-electron chi connectivity index (χ4n) is 4.06. The van der Waals surface area contributed by atoms with Gasteiger partial charge in [-0.15, -0.1) is 0 Å². The lowest BCUT2D eigenvalue weighted by Gasteiger charge is -2.23. The summed E-state index contributed by atoms with van der Waals surface area (Å²) in [7, 11) is 3.85. The summed E-state index contributed by atoms with van der Waals surface area (Å²) in [5.74, 6) is -0.165. The average molecular weight is 444 g/mol. The van der Waals surface area contributed by atoms with Crippen molar-refractivity contribution in [2.45, 2.75) is 31.5 Å². The van der Waals surface area contributed by atoms with Gasteiger partial charge in [-0.1, -0.05) is 29.8 Å². The molecule has 0 aromatic heterocycles. The molecule has 1 aromatic rings. The summed E-state index contributed by atoms with van der Waals surface area (Å²) >= 11 is 11.8. The minimum atomic E-state index is -0.813. The summed E-state index contributed by atoms with van der Waals surface area (Å²) in [6, 6.07) is 5.81. The number of nitrogens with one attached hydrogen (secondary N) is 2. The molecule has 0 bridgehead atoms. The number of likely N-dealkylation sites (tertiary alicyclic amines) is 1. The van der Waals surface area contributed by atoms with Crippen LogP contribution in [-0.4, -0.2) is 61.0 Å². The van der Waals surface area contributed by atoms with Crippen LogP contribution in [0.3, 0.4) is 0 Å². The van der Waals surface area contributed by atoms with Gasteiger partial charge in [0.25, 0.3) is 5.91 Å². The zero-order valence-electron chi connectivity index (χ0n) is 17.2. The second-order valence-electron chi connectivity index (χ2n) is 7.94. The second kappa shape index (κ2) is 8.88. The van der Waals surface area contributed by atoms with Gasteiger partial charge in [0.05, 0.1) is 11.4 Å². The predicted molar refractivity (Wildman–Crippen MR) is 126 cm³/mol. The van der Waals surface area contributed by atoms with Crippen LogP contribution in [0.1, 0.15) is 24.8 Å². The Morgan fingerprint density at radius 1 is 1.27 bits per heavy atom. The number of nitrogens with zero attached hydrogens (tertiary/aromatic N) is 3. The van der Waals surface area contributed by atoms with Gasteiger partial charge in [-0.2, -0.15) is 0 Å². The van der Waals surface area contributed by atoms with Gasteiger partial charge in [0.2, 0.25) is 6.17 Å². The van der Waals surface area contributed by atoms with Gasteiger partial charge in [0.1, 0.15) is 0 Å². The number of benzodiazepines with no additional fused rings is 1. The third-order valence-corrected chi connectivity index (χ3v) is 6.13. The number of thiocarbonyl (C=S) groups is 1. The Bertz CT molecular complexity index is 957. The van der Waals surface area contributed by atoms with Crippen LogP contribution in [0.4, 0.5) is 5.69 Å². The summed E-state index contributed by atoms with van der Waals surface area (Å²) in [6.45, 7) is 1.96. The molecule has 1 fully saturated rings. The van der Waals surface area contributed by atoms with Crippen molar-refractivity contribution in [1.29, 1.82) is 0 Å². The minimum Gasteiger partial charge on any atom is -0.359 e. The Morgan fingerprint density at radius 3 is 2.80 bits per heavy atom. The van der Waals surface area contributed by atoms with Crippen molar-refractivity contribution in [3.63, 3.8) is 0 Å². The zero-order valence-corrected chi connectivity index (χ0v) is 18.8. The molecule has 1 amide bonds. The summed E-state index contributed by atoms with van der Waals surface area (Å²) in [6.07, 6.45) is 8.50. The molecule has 30 heavy (non-hydrogen) atoms. The number of rotatable bonds is 3. The normalized spacial score (nSPS) is 24.1. The van der Waals surface area contributed by atoms with Gasteiger partial charge in [0, 0.05) is 30.2 Å². The molecular weight excluding hydrogens is 418 g/mol. The van der Waals surface area contributed by atoms with Crippen LogP contribution in [0.25, 0.3) is 0 Å². The molecule has 3 aliphatic rings. The molecule has 4 rings (SSSR count). The Morgan fingerprint density at radius 2 is 2.10 bits per heavy atom. The number of aliphatic imine (C=N–C) groups is 1. The van der Waals surface area contributed by atoms with Gasteiger partial charge in [-0.05, 0) is 68.8 Å². The highest BCUT2D eigenvalue weighted by atomic mass is 35.5. The number of likely N-dealkylation sites (N-methyl/N-ethyl adjacent to an activating group) is 2. The topological polar surface area (TPSA) is 60.0 Å². The Balaban J connectivity index is 1.66. The molecular formula is C22H26ClN5OS. The highest BCUT2D eigenvalue weighted by Crippen LogP contribution is 2.31. The molecule has 2 aliphatic heterocycles. The molecule has 2 atom stereocenters. The van der Waals surface area contributed by atoms with Crippen LogP contribution in [-0.2, 0) is 4.79 Å². The van der Waals surface area contributed by atoms with Gasteiger partial charge < -0.3 is 20.4 Å². The first-order valence-electron chi connectivity index (χ1n) is 10.2. The number of anilines is 1. The van der Waals surface area contributed by atoms with Crippen molar-refractivity contribution in [3.05, 3.63) is 52.6 Å². The van der Waals surface area contributed by atoms with E-state index >= 15 is 0 Å². The Labute approximate surface area is 187 Å². The number of allylic oxidation sites excluding steroid dienone is 4. The molecule has 6 nitrogen and oxygen atoms in total. The first kappa shape index (κ1) is 21.0. The maximum atomic E-state index is 13.2. The first-order chi connectivity index (χ1) is 14.4. The number of benzene rings is 1. The SMILES string of the molecule is CN1CCC(NC(=S)NC2N=C(C3=CCCC=C3)c3cc(Cl)ccc3N(C)C2=O)C1. The predicted octanol–water partition coefficient (Wildman–Crippen LogP) is 2.88.